The molecule has 2 aromatic carbocycles. The highest BCUT2D eigenvalue weighted by molar-refractivity contribution is 8.19. The maximum absolute atomic E-state index is 11.4. The van der Waals surface area contributed by atoms with Crippen molar-refractivity contribution in [2.24, 2.45) is 4.99 Å². The Hall–Kier alpha value is -2.84. The third-order valence-corrected chi connectivity index (χ3v) is 8.77. The van der Waals surface area contributed by atoms with E-state index in [0.717, 1.165) is 35.4 Å². The molecule has 32 heavy (non-hydrogen) atoms. The number of nitro groups is 2. The number of nitro benzene ring substituents is 2. The van der Waals surface area contributed by atoms with Crippen molar-refractivity contribution in [2.45, 2.75) is 10.0 Å². The molecule has 0 amide bonds. The Kier molecular flexibility index (Phi) is 6.26. The van der Waals surface area contributed by atoms with Crippen LogP contribution in [0.5, 0.6) is 23.0 Å². The molecular weight excluding hydrogens is 482 g/mol. The van der Waals surface area contributed by atoms with E-state index in [2.05, 4.69) is 4.99 Å². The molecule has 2 aliphatic rings. The lowest BCUT2D eigenvalue weighted by Crippen LogP contribution is -2.13. The lowest BCUT2D eigenvalue weighted by Gasteiger charge is -2.16. The number of aromatic hydroxyl groups is 3. The van der Waals surface area contributed by atoms with Crippen LogP contribution in [0.3, 0.4) is 0 Å². The van der Waals surface area contributed by atoms with Gasteiger partial charge in [-0.15, -0.1) is 23.5 Å². The van der Waals surface area contributed by atoms with Crippen LogP contribution in [0.1, 0.15) is 15.7 Å². The van der Waals surface area contributed by atoms with Gasteiger partial charge in [-0.25, -0.2) is 0 Å². The zero-order valence-corrected chi connectivity index (χ0v) is 18.5. The first-order valence-corrected chi connectivity index (χ1v) is 12.1. The largest absolute Gasteiger partial charge is 0.504 e. The second kappa shape index (κ2) is 8.96. The van der Waals surface area contributed by atoms with Crippen LogP contribution in [0.15, 0.2) is 29.3 Å². The van der Waals surface area contributed by atoms with Gasteiger partial charge in [0.25, 0.3) is 0 Å². The van der Waals surface area contributed by atoms with Gasteiger partial charge in [0.05, 0.1) is 21.0 Å². The molecule has 2 aliphatic heterocycles. The van der Waals surface area contributed by atoms with Crippen LogP contribution in [0, 0.1) is 20.2 Å². The van der Waals surface area contributed by atoms with Crippen molar-refractivity contribution in [3.8, 4) is 23.0 Å². The summed E-state index contributed by atoms with van der Waals surface area (Å²) in [6.07, 6.45) is 0. The Morgan fingerprint density at radius 1 is 0.969 bits per heavy atom. The Bertz CT molecular complexity index is 1140. The predicted molar refractivity (Wildman–Crippen MR) is 122 cm³/mol. The molecule has 1 unspecified atom stereocenters. The van der Waals surface area contributed by atoms with Gasteiger partial charge in [-0.3, -0.25) is 25.2 Å². The molecule has 0 bridgehead atoms. The number of aliphatic imine (C=N–C) groups is 1. The fraction of sp³-hybridized carbons (Fsp3) is 0.278. The third kappa shape index (κ3) is 4.38. The average Bonchev–Trinajstić information content (AvgIpc) is 3.43. The minimum absolute atomic E-state index is 0.000197. The summed E-state index contributed by atoms with van der Waals surface area (Å²) >= 11 is 4.38. The number of nitrogens with zero attached hydrogens (tertiary/aromatic N) is 3. The Morgan fingerprint density at radius 2 is 1.62 bits per heavy atom. The standard InChI is InChI=1S/C18H15N3O8S3/c22-12-5-8(3-10(15(12)23)20(25)26)17-19-7-14(32-17)29-13-6-9(18-30-1-2-31-18)4-11(16(13)24)21(27)28/h3-6,14,18,22-24H,1-2,7H2. The number of rotatable bonds is 6. The Balaban J connectivity index is 1.57. The molecule has 0 aliphatic carbocycles. The van der Waals surface area contributed by atoms with Crippen LogP contribution in [-0.4, -0.2) is 53.7 Å². The molecule has 1 fully saturated rings. The highest BCUT2D eigenvalue weighted by Gasteiger charge is 2.30. The van der Waals surface area contributed by atoms with Crippen molar-refractivity contribution in [3.63, 3.8) is 0 Å². The van der Waals surface area contributed by atoms with Gasteiger partial charge in [0.2, 0.25) is 11.5 Å². The number of thioether (sulfide) groups is 3. The Morgan fingerprint density at radius 3 is 2.28 bits per heavy atom. The fourth-order valence-corrected chi connectivity index (χ4v) is 6.89. The summed E-state index contributed by atoms with van der Waals surface area (Å²) in [6.45, 7) is 0.111. The minimum atomic E-state index is -0.841. The predicted octanol–water partition coefficient (Wildman–Crippen LogP) is 4.00. The van der Waals surface area contributed by atoms with Crippen molar-refractivity contribution < 1.29 is 29.9 Å². The molecule has 0 spiro atoms. The van der Waals surface area contributed by atoms with Crippen molar-refractivity contribution in [2.75, 3.05) is 18.1 Å². The van der Waals surface area contributed by atoms with Crippen LogP contribution >= 0.6 is 35.3 Å². The first-order chi connectivity index (χ1) is 15.2. The molecular formula is C18H15N3O8S3. The van der Waals surface area contributed by atoms with Crippen LogP contribution < -0.4 is 4.74 Å². The molecule has 168 valence electrons. The number of phenolic OH excluding ortho intramolecular Hbond substituents is 3. The molecule has 1 saturated heterocycles. The van der Waals surface area contributed by atoms with Gasteiger partial charge in [0.1, 0.15) is 5.04 Å². The first kappa shape index (κ1) is 22.4. The highest BCUT2D eigenvalue weighted by Crippen LogP contribution is 2.49. The number of hydrogen-bond donors (Lipinski definition) is 3. The van der Waals surface area contributed by atoms with E-state index in [0.29, 0.717) is 10.6 Å². The molecule has 0 aromatic heterocycles. The second-order valence-electron chi connectivity index (χ2n) is 6.65. The first-order valence-electron chi connectivity index (χ1n) is 9.07. The molecule has 0 radical (unpaired) electrons. The molecule has 2 aromatic rings. The van der Waals surface area contributed by atoms with Gasteiger partial charge >= 0.3 is 11.4 Å². The van der Waals surface area contributed by atoms with Crippen LogP contribution in [0.4, 0.5) is 11.4 Å². The van der Waals surface area contributed by atoms with E-state index < -0.39 is 43.9 Å². The maximum atomic E-state index is 11.4. The number of hydrogen-bond acceptors (Lipinski definition) is 12. The summed E-state index contributed by atoms with van der Waals surface area (Å²) < 4.78 is 5.81. The van der Waals surface area contributed by atoms with E-state index in [9.17, 15) is 35.5 Å². The van der Waals surface area contributed by atoms with Gasteiger partial charge in [-0.2, -0.15) is 0 Å². The molecule has 4 rings (SSSR count). The SMILES string of the molecule is O=[N+]([O-])c1cc(C2=NCC(Oc3cc(C4SCCS4)cc([N+](=O)[O-])c3O)S2)cc(O)c1O. The normalized spacial score (nSPS) is 18.5. The smallest absolute Gasteiger partial charge is 0.315 e. The summed E-state index contributed by atoms with van der Waals surface area (Å²) in [5.74, 6) is -0.293. The molecule has 14 heteroatoms. The number of ether oxygens (including phenoxy) is 1. The van der Waals surface area contributed by atoms with E-state index >= 15 is 0 Å². The van der Waals surface area contributed by atoms with E-state index in [1.54, 1.807) is 29.6 Å². The average molecular weight is 498 g/mol. The minimum Gasteiger partial charge on any atom is -0.504 e. The summed E-state index contributed by atoms with van der Waals surface area (Å²) in [4.78, 5) is 25.3. The topological polar surface area (TPSA) is 169 Å². The summed E-state index contributed by atoms with van der Waals surface area (Å²) in [7, 11) is 0. The monoisotopic (exact) mass is 497 g/mol. The molecule has 11 nitrogen and oxygen atoms in total. The van der Waals surface area contributed by atoms with E-state index in [1.165, 1.54) is 6.07 Å². The third-order valence-electron chi connectivity index (χ3n) is 4.57. The van der Waals surface area contributed by atoms with Gasteiger partial charge in [-0.1, -0.05) is 11.8 Å². The summed E-state index contributed by atoms with van der Waals surface area (Å²) in [6, 6.07) is 5.16. The number of phenols is 3. The second-order valence-corrected chi connectivity index (χ2v) is 10.5. The molecule has 0 saturated carbocycles. The van der Waals surface area contributed by atoms with Gasteiger partial charge in [0.15, 0.2) is 16.9 Å². The van der Waals surface area contributed by atoms with Crippen molar-refractivity contribution in [1.29, 1.82) is 0 Å². The van der Waals surface area contributed by atoms with Gasteiger partial charge in [-0.05, 0) is 17.7 Å². The fourth-order valence-electron chi connectivity index (χ4n) is 3.12. The van der Waals surface area contributed by atoms with Crippen LogP contribution in [0.2, 0.25) is 0 Å². The van der Waals surface area contributed by atoms with Crippen LogP contribution in [0.25, 0.3) is 0 Å². The zero-order valence-electron chi connectivity index (χ0n) is 16.0. The van der Waals surface area contributed by atoms with E-state index in [-0.39, 0.29) is 22.4 Å². The number of benzene rings is 2. The highest BCUT2D eigenvalue weighted by atomic mass is 32.2. The van der Waals surface area contributed by atoms with Crippen molar-refractivity contribution >= 4 is 51.7 Å². The zero-order chi connectivity index (χ0) is 23.0. The van der Waals surface area contributed by atoms with Gasteiger partial charge in [0, 0.05) is 29.2 Å². The van der Waals surface area contributed by atoms with Crippen LogP contribution in [-0.2, 0) is 0 Å². The van der Waals surface area contributed by atoms with Gasteiger partial charge < -0.3 is 20.1 Å². The van der Waals surface area contributed by atoms with Crippen molar-refractivity contribution in [3.05, 3.63) is 55.6 Å². The molecule has 2 heterocycles. The lowest BCUT2D eigenvalue weighted by molar-refractivity contribution is -0.386. The maximum Gasteiger partial charge on any atom is 0.315 e. The van der Waals surface area contributed by atoms with E-state index in [1.807, 2.05) is 0 Å². The summed E-state index contributed by atoms with van der Waals surface area (Å²) in [5, 5.41) is 52.6. The summed E-state index contributed by atoms with van der Waals surface area (Å²) in [5.41, 5.74) is -0.898. The quantitative estimate of drug-likeness (QED) is 0.299. The molecule has 3 N–H and O–H groups in total. The van der Waals surface area contributed by atoms with Crippen molar-refractivity contribution in [1.82, 2.24) is 0 Å². The molecule has 1 atom stereocenters. The Labute approximate surface area is 193 Å². The van der Waals surface area contributed by atoms with E-state index in [4.69, 9.17) is 4.74 Å². The lowest BCUT2D eigenvalue weighted by atomic mass is 10.2.